The van der Waals surface area contributed by atoms with E-state index in [4.69, 9.17) is 4.74 Å². The van der Waals surface area contributed by atoms with E-state index in [2.05, 4.69) is 4.99 Å². The first kappa shape index (κ1) is 7.47. The molecule has 2 nitrogen and oxygen atoms in total. The van der Waals surface area contributed by atoms with Gasteiger partial charge >= 0.3 is 0 Å². The Morgan fingerprint density at radius 3 is 2.12 bits per heavy atom. The molecule has 0 aromatic rings. The molecule has 0 saturated heterocycles. The Morgan fingerprint density at radius 2 is 2.00 bits per heavy atom. The van der Waals surface area contributed by atoms with Crippen LogP contribution in [0.1, 0.15) is 20.8 Å². The van der Waals surface area contributed by atoms with Crippen molar-refractivity contribution in [3.8, 4) is 0 Å². The summed E-state index contributed by atoms with van der Waals surface area (Å²) < 4.78 is 5.15. The number of hydrogen-bond donors (Lipinski definition) is 0. The van der Waals surface area contributed by atoms with Gasteiger partial charge in [-0.3, -0.25) is 4.99 Å². The summed E-state index contributed by atoms with van der Waals surface area (Å²) in [4.78, 5) is 3.82. The zero-order chi connectivity index (χ0) is 6.57. The molecule has 0 rings (SSSR count). The van der Waals surface area contributed by atoms with Crippen LogP contribution in [0.25, 0.3) is 0 Å². The minimum Gasteiger partial charge on any atom is -0.479 e. The minimum atomic E-state index is 0.249. The van der Waals surface area contributed by atoms with Crippen LogP contribution >= 0.6 is 0 Å². The van der Waals surface area contributed by atoms with Gasteiger partial charge in [0, 0.05) is 14.0 Å². The third-order valence-corrected chi connectivity index (χ3v) is 0.721. The fourth-order valence-electron chi connectivity index (χ4n) is 0.394. The fraction of sp³-hybridized carbons (Fsp3) is 0.833. The summed E-state index contributed by atoms with van der Waals surface area (Å²) in [6, 6.07) is 0. The van der Waals surface area contributed by atoms with Crippen LogP contribution in [0.3, 0.4) is 0 Å². The average molecular weight is 115 g/mol. The van der Waals surface area contributed by atoms with Crippen LogP contribution in [0.15, 0.2) is 4.99 Å². The Labute approximate surface area is 50.6 Å². The van der Waals surface area contributed by atoms with Gasteiger partial charge in [-0.05, 0) is 13.8 Å². The molecule has 0 atom stereocenters. The zero-order valence-corrected chi connectivity index (χ0v) is 5.93. The van der Waals surface area contributed by atoms with Crippen molar-refractivity contribution in [2.45, 2.75) is 26.9 Å². The van der Waals surface area contributed by atoms with Crippen LogP contribution in [0.2, 0.25) is 0 Å². The summed E-state index contributed by atoms with van der Waals surface area (Å²) in [5.41, 5.74) is 0. The molecule has 0 fully saturated rings. The lowest BCUT2D eigenvalue weighted by atomic mass is 10.5. The molecule has 0 bridgehead atoms. The van der Waals surface area contributed by atoms with Gasteiger partial charge in [0.25, 0.3) is 0 Å². The first-order valence-corrected chi connectivity index (χ1v) is 2.77. The van der Waals surface area contributed by atoms with Crippen molar-refractivity contribution >= 4 is 5.90 Å². The van der Waals surface area contributed by atoms with E-state index < -0.39 is 0 Å². The van der Waals surface area contributed by atoms with Crippen molar-refractivity contribution in [1.82, 2.24) is 0 Å². The van der Waals surface area contributed by atoms with Gasteiger partial charge < -0.3 is 4.74 Å². The molecule has 0 aliphatic heterocycles. The lowest BCUT2D eigenvalue weighted by molar-refractivity contribution is 0.226. The molecule has 0 aromatic heterocycles. The van der Waals surface area contributed by atoms with Gasteiger partial charge in [-0.15, -0.1) is 0 Å². The van der Waals surface area contributed by atoms with Gasteiger partial charge in [0.15, 0.2) is 5.90 Å². The Kier molecular flexibility index (Phi) is 3.24. The maximum absolute atomic E-state index is 5.15. The highest BCUT2D eigenvalue weighted by Crippen LogP contribution is 1.88. The SMILES string of the molecule is C/N=C(/C)OC(C)C. The van der Waals surface area contributed by atoms with E-state index in [1.54, 1.807) is 7.05 Å². The molecule has 0 spiro atoms. The van der Waals surface area contributed by atoms with Crippen molar-refractivity contribution < 1.29 is 4.74 Å². The first-order valence-electron chi connectivity index (χ1n) is 2.77. The first-order chi connectivity index (χ1) is 3.66. The normalized spacial score (nSPS) is 12.4. The second-order valence-electron chi connectivity index (χ2n) is 1.91. The highest BCUT2D eigenvalue weighted by molar-refractivity contribution is 5.72. The number of ether oxygens (including phenoxy) is 1. The fourth-order valence-corrected chi connectivity index (χ4v) is 0.394. The van der Waals surface area contributed by atoms with Crippen LogP contribution in [-0.2, 0) is 4.74 Å². The van der Waals surface area contributed by atoms with E-state index in [0.29, 0.717) is 0 Å². The molecule has 0 aromatic carbocycles. The van der Waals surface area contributed by atoms with Crippen molar-refractivity contribution in [2.24, 2.45) is 4.99 Å². The van der Waals surface area contributed by atoms with Gasteiger partial charge in [0.2, 0.25) is 0 Å². The number of nitrogens with zero attached hydrogens (tertiary/aromatic N) is 1. The molecule has 0 amide bonds. The molecule has 0 aliphatic rings. The maximum Gasteiger partial charge on any atom is 0.179 e. The van der Waals surface area contributed by atoms with E-state index in [0.717, 1.165) is 5.90 Å². The van der Waals surface area contributed by atoms with Gasteiger partial charge in [0.1, 0.15) is 0 Å². The summed E-state index contributed by atoms with van der Waals surface area (Å²) in [6.07, 6.45) is 0.249. The van der Waals surface area contributed by atoms with Crippen molar-refractivity contribution in [1.29, 1.82) is 0 Å². The molecule has 48 valence electrons. The summed E-state index contributed by atoms with van der Waals surface area (Å²) >= 11 is 0. The Morgan fingerprint density at radius 1 is 1.50 bits per heavy atom. The predicted octanol–water partition coefficient (Wildman–Crippen LogP) is 1.46. The Hall–Kier alpha value is -0.530. The van der Waals surface area contributed by atoms with Crippen LogP contribution in [0.4, 0.5) is 0 Å². The standard InChI is InChI=1S/C6H13NO/c1-5(2)8-6(3)7-4/h5H,1-4H3/b7-6-. The van der Waals surface area contributed by atoms with Crippen LogP contribution < -0.4 is 0 Å². The van der Waals surface area contributed by atoms with Crippen molar-refractivity contribution in [2.75, 3.05) is 7.05 Å². The molecule has 0 heterocycles. The van der Waals surface area contributed by atoms with E-state index in [9.17, 15) is 0 Å². The molecule has 0 unspecified atom stereocenters. The van der Waals surface area contributed by atoms with E-state index >= 15 is 0 Å². The molecule has 0 radical (unpaired) electrons. The predicted molar refractivity (Wildman–Crippen MR) is 35.3 cm³/mol. The van der Waals surface area contributed by atoms with Gasteiger partial charge in [-0.2, -0.15) is 0 Å². The topological polar surface area (TPSA) is 21.6 Å². The van der Waals surface area contributed by atoms with Crippen LogP contribution in [0.5, 0.6) is 0 Å². The largest absolute Gasteiger partial charge is 0.479 e. The third-order valence-electron chi connectivity index (χ3n) is 0.721. The highest BCUT2D eigenvalue weighted by atomic mass is 16.5. The molecular formula is C6H13NO. The summed E-state index contributed by atoms with van der Waals surface area (Å²) in [5.74, 6) is 0.750. The van der Waals surface area contributed by atoms with Gasteiger partial charge in [-0.25, -0.2) is 0 Å². The lowest BCUT2D eigenvalue weighted by Crippen LogP contribution is -2.07. The minimum absolute atomic E-state index is 0.249. The Balaban J connectivity index is 3.39. The van der Waals surface area contributed by atoms with Crippen LogP contribution in [-0.4, -0.2) is 19.0 Å². The molecule has 0 N–H and O–H groups in total. The highest BCUT2D eigenvalue weighted by Gasteiger charge is 1.91. The average Bonchev–Trinajstić information content (AvgIpc) is 1.65. The number of rotatable bonds is 1. The van der Waals surface area contributed by atoms with Crippen molar-refractivity contribution in [3.05, 3.63) is 0 Å². The molecule has 0 saturated carbocycles. The van der Waals surface area contributed by atoms with Gasteiger partial charge in [0.05, 0.1) is 6.10 Å². The maximum atomic E-state index is 5.15. The van der Waals surface area contributed by atoms with Gasteiger partial charge in [-0.1, -0.05) is 0 Å². The molecule has 0 aliphatic carbocycles. The van der Waals surface area contributed by atoms with E-state index in [-0.39, 0.29) is 6.10 Å². The number of aliphatic imine (C=N–C) groups is 1. The van der Waals surface area contributed by atoms with E-state index in [1.165, 1.54) is 0 Å². The van der Waals surface area contributed by atoms with E-state index in [1.807, 2.05) is 20.8 Å². The molecular weight excluding hydrogens is 102 g/mol. The third kappa shape index (κ3) is 3.65. The smallest absolute Gasteiger partial charge is 0.179 e. The van der Waals surface area contributed by atoms with Crippen molar-refractivity contribution in [3.63, 3.8) is 0 Å². The molecule has 2 heteroatoms. The summed E-state index contributed by atoms with van der Waals surface area (Å²) in [5, 5.41) is 0. The second-order valence-corrected chi connectivity index (χ2v) is 1.91. The summed E-state index contributed by atoms with van der Waals surface area (Å²) in [6.45, 7) is 5.81. The van der Waals surface area contributed by atoms with Crippen LogP contribution in [0, 0.1) is 0 Å². The summed E-state index contributed by atoms with van der Waals surface area (Å²) in [7, 11) is 1.72. The zero-order valence-electron chi connectivity index (χ0n) is 5.93. The molecule has 8 heavy (non-hydrogen) atoms. The monoisotopic (exact) mass is 115 g/mol. The quantitative estimate of drug-likeness (QED) is 0.374. The second kappa shape index (κ2) is 3.47. The lowest BCUT2D eigenvalue weighted by Gasteiger charge is -2.06. The Bertz CT molecular complexity index is 86.5. The number of hydrogen-bond acceptors (Lipinski definition) is 2.